The van der Waals surface area contributed by atoms with Crippen molar-refractivity contribution in [2.24, 2.45) is 0 Å². The summed E-state index contributed by atoms with van der Waals surface area (Å²) in [5, 5.41) is 7.50. The molecule has 0 saturated carbocycles. The lowest BCUT2D eigenvalue weighted by Crippen LogP contribution is -1.95. The van der Waals surface area contributed by atoms with Gasteiger partial charge in [-0.3, -0.25) is 0 Å². The predicted molar refractivity (Wildman–Crippen MR) is 123 cm³/mol. The fourth-order valence-electron chi connectivity index (χ4n) is 4.21. The molecule has 1 aromatic heterocycles. The summed E-state index contributed by atoms with van der Waals surface area (Å²) in [5.74, 6) is 1.37. The lowest BCUT2D eigenvalue weighted by molar-refractivity contribution is 1.07. The van der Waals surface area contributed by atoms with E-state index in [4.69, 9.17) is 4.98 Å². The highest BCUT2D eigenvalue weighted by atomic mass is 15.0. The Morgan fingerprint density at radius 3 is 1.53 bits per heavy atom. The van der Waals surface area contributed by atoms with E-state index in [1.807, 2.05) is 30.3 Å². The van der Waals surface area contributed by atoms with Crippen LogP contribution in [-0.2, 0) is 0 Å². The minimum absolute atomic E-state index is 0.683. The van der Waals surface area contributed by atoms with Gasteiger partial charge in [-0.1, -0.05) is 91.0 Å². The van der Waals surface area contributed by atoms with Crippen LogP contribution in [0.4, 0.5) is 0 Å². The Bertz CT molecular complexity index is 1500. The second-order valence-corrected chi connectivity index (χ2v) is 7.35. The summed E-state index contributed by atoms with van der Waals surface area (Å²) in [6.45, 7) is 0. The zero-order valence-electron chi connectivity index (χ0n) is 16.2. The number of benzene rings is 5. The van der Waals surface area contributed by atoms with Gasteiger partial charge >= 0.3 is 0 Å². The molecule has 5 aromatic carbocycles. The van der Waals surface area contributed by atoms with Gasteiger partial charge in [-0.25, -0.2) is 15.0 Å². The third kappa shape index (κ3) is 2.64. The average Bonchev–Trinajstić information content (AvgIpc) is 2.84. The zero-order chi connectivity index (χ0) is 19.9. The molecule has 30 heavy (non-hydrogen) atoms. The summed E-state index contributed by atoms with van der Waals surface area (Å²) < 4.78 is 0. The molecule has 0 fully saturated rings. The van der Waals surface area contributed by atoms with E-state index in [1.165, 1.54) is 32.3 Å². The van der Waals surface area contributed by atoms with Gasteiger partial charge in [0, 0.05) is 11.1 Å². The Morgan fingerprint density at radius 2 is 0.900 bits per heavy atom. The van der Waals surface area contributed by atoms with Crippen molar-refractivity contribution in [1.29, 1.82) is 0 Å². The van der Waals surface area contributed by atoms with Gasteiger partial charge in [0.15, 0.2) is 11.6 Å². The fourth-order valence-corrected chi connectivity index (χ4v) is 4.21. The summed E-state index contributed by atoms with van der Waals surface area (Å²) in [6, 6.07) is 33.7. The van der Waals surface area contributed by atoms with E-state index >= 15 is 0 Å². The maximum atomic E-state index is 4.74. The van der Waals surface area contributed by atoms with Gasteiger partial charge in [0.25, 0.3) is 0 Å². The molecule has 0 atom stereocenters. The third-order valence-electron chi connectivity index (χ3n) is 5.61. The van der Waals surface area contributed by atoms with Crippen LogP contribution in [-0.4, -0.2) is 15.0 Å². The number of nitrogens with zero attached hydrogens (tertiary/aromatic N) is 3. The van der Waals surface area contributed by atoms with Crippen LogP contribution in [0.5, 0.6) is 0 Å². The number of fused-ring (bicyclic) bond motifs is 6. The monoisotopic (exact) mass is 383 g/mol. The lowest BCUT2D eigenvalue weighted by atomic mass is 9.93. The fraction of sp³-hybridized carbons (Fsp3) is 0. The first kappa shape index (κ1) is 16.8. The highest BCUT2D eigenvalue weighted by molar-refractivity contribution is 6.25. The van der Waals surface area contributed by atoms with Crippen molar-refractivity contribution in [3.8, 4) is 22.8 Å². The average molecular weight is 383 g/mol. The van der Waals surface area contributed by atoms with E-state index in [-0.39, 0.29) is 0 Å². The van der Waals surface area contributed by atoms with Crippen LogP contribution in [0, 0.1) is 0 Å². The Balaban J connectivity index is 1.61. The van der Waals surface area contributed by atoms with Crippen LogP contribution in [0.1, 0.15) is 0 Å². The summed E-state index contributed by atoms with van der Waals surface area (Å²) in [6.07, 6.45) is 1.59. The third-order valence-corrected chi connectivity index (χ3v) is 5.61. The maximum Gasteiger partial charge on any atom is 0.163 e. The molecule has 6 rings (SSSR count). The minimum atomic E-state index is 0.683. The summed E-state index contributed by atoms with van der Waals surface area (Å²) in [5.41, 5.74) is 1.97. The van der Waals surface area contributed by atoms with Crippen molar-refractivity contribution < 1.29 is 0 Å². The van der Waals surface area contributed by atoms with Gasteiger partial charge in [0.2, 0.25) is 0 Å². The highest BCUT2D eigenvalue weighted by Crippen LogP contribution is 2.36. The summed E-state index contributed by atoms with van der Waals surface area (Å²) >= 11 is 0. The van der Waals surface area contributed by atoms with Crippen LogP contribution >= 0.6 is 0 Å². The molecular formula is C27H17N3. The number of hydrogen-bond acceptors (Lipinski definition) is 3. The molecular weight excluding hydrogens is 366 g/mol. The zero-order valence-corrected chi connectivity index (χ0v) is 16.2. The minimum Gasteiger partial charge on any atom is -0.217 e. The van der Waals surface area contributed by atoms with Gasteiger partial charge in [-0.15, -0.1) is 0 Å². The van der Waals surface area contributed by atoms with Gasteiger partial charge in [0.1, 0.15) is 6.33 Å². The van der Waals surface area contributed by atoms with Crippen LogP contribution in [0.3, 0.4) is 0 Å². The molecule has 0 radical (unpaired) electrons. The molecule has 3 nitrogen and oxygen atoms in total. The first-order chi connectivity index (χ1) is 14.9. The maximum absolute atomic E-state index is 4.74. The molecule has 0 amide bonds. The van der Waals surface area contributed by atoms with E-state index in [1.54, 1.807) is 6.33 Å². The molecule has 0 saturated heterocycles. The van der Waals surface area contributed by atoms with Crippen LogP contribution in [0.15, 0.2) is 103 Å². The van der Waals surface area contributed by atoms with Crippen molar-refractivity contribution >= 4 is 32.3 Å². The van der Waals surface area contributed by atoms with Crippen molar-refractivity contribution in [3.05, 3.63) is 103 Å². The Morgan fingerprint density at radius 1 is 0.400 bits per heavy atom. The van der Waals surface area contributed by atoms with Crippen LogP contribution in [0.2, 0.25) is 0 Å². The lowest BCUT2D eigenvalue weighted by Gasteiger charge is -2.11. The van der Waals surface area contributed by atoms with Crippen LogP contribution < -0.4 is 0 Å². The standard InChI is InChI=1S/C27H17N3/c1-2-8-18(9-3-1)26-28-17-29-27(30-26)19-14-15-24-22-12-5-4-10-20(22)21-11-6-7-13-23(21)25(24)16-19/h1-17H. The van der Waals surface area contributed by atoms with Crippen LogP contribution in [0.25, 0.3) is 55.1 Å². The molecule has 0 aliphatic heterocycles. The molecule has 0 unspecified atom stereocenters. The SMILES string of the molecule is c1ccc(-c2ncnc(-c3ccc4c5ccccc5c5ccccc5c4c3)n2)cc1. The second kappa shape index (κ2) is 6.75. The van der Waals surface area contributed by atoms with Crippen molar-refractivity contribution in [2.75, 3.05) is 0 Å². The first-order valence-electron chi connectivity index (χ1n) is 9.96. The molecule has 0 aliphatic rings. The first-order valence-corrected chi connectivity index (χ1v) is 9.96. The Labute approximate surface area is 173 Å². The van der Waals surface area contributed by atoms with Crippen molar-refractivity contribution in [1.82, 2.24) is 15.0 Å². The molecule has 0 bridgehead atoms. The van der Waals surface area contributed by atoms with Gasteiger partial charge in [-0.05, 0) is 38.4 Å². The van der Waals surface area contributed by atoms with E-state index < -0.39 is 0 Å². The van der Waals surface area contributed by atoms with Crippen molar-refractivity contribution in [3.63, 3.8) is 0 Å². The quantitative estimate of drug-likeness (QED) is 0.314. The van der Waals surface area contributed by atoms with Gasteiger partial charge < -0.3 is 0 Å². The highest BCUT2D eigenvalue weighted by Gasteiger charge is 2.11. The molecule has 1 heterocycles. The molecule has 0 aliphatic carbocycles. The predicted octanol–water partition coefficient (Wildman–Crippen LogP) is 6.67. The molecule has 6 aromatic rings. The largest absolute Gasteiger partial charge is 0.217 e. The molecule has 3 heteroatoms. The smallest absolute Gasteiger partial charge is 0.163 e. The Hall–Kier alpha value is -4.11. The van der Waals surface area contributed by atoms with Crippen molar-refractivity contribution in [2.45, 2.75) is 0 Å². The van der Waals surface area contributed by atoms with Gasteiger partial charge in [-0.2, -0.15) is 0 Å². The number of aromatic nitrogens is 3. The summed E-state index contributed by atoms with van der Waals surface area (Å²) in [7, 11) is 0. The van der Waals surface area contributed by atoms with E-state index in [9.17, 15) is 0 Å². The number of hydrogen-bond donors (Lipinski definition) is 0. The van der Waals surface area contributed by atoms with Gasteiger partial charge in [0.05, 0.1) is 0 Å². The topological polar surface area (TPSA) is 38.7 Å². The summed E-state index contributed by atoms with van der Waals surface area (Å²) in [4.78, 5) is 13.6. The van der Waals surface area contributed by atoms with E-state index in [2.05, 4.69) is 76.7 Å². The second-order valence-electron chi connectivity index (χ2n) is 7.35. The van der Waals surface area contributed by atoms with E-state index in [0.717, 1.165) is 11.1 Å². The normalized spacial score (nSPS) is 11.3. The van der Waals surface area contributed by atoms with E-state index in [0.29, 0.717) is 11.6 Å². The number of rotatable bonds is 2. The molecule has 0 N–H and O–H groups in total. The molecule has 140 valence electrons. The molecule has 0 spiro atoms. The Kier molecular flexibility index (Phi) is 3.78.